The fraction of sp³-hybridized carbons (Fsp3) is 0.150. The van der Waals surface area contributed by atoms with E-state index in [1.807, 2.05) is 0 Å². The summed E-state index contributed by atoms with van der Waals surface area (Å²) >= 11 is 0. The number of hydrogen-bond donors (Lipinski definition) is 0. The Hall–Kier alpha value is -3.73. The van der Waals surface area contributed by atoms with Crippen molar-refractivity contribution in [2.75, 3.05) is 13.7 Å². The number of hydrogen-bond acceptors (Lipinski definition) is 5. The summed E-state index contributed by atoms with van der Waals surface area (Å²) < 4.78 is 39.6. The van der Waals surface area contributed by atoms with Gasteiger partial charge in [0.05, 0.1) is 25.0 Å². The van der Waals surface area contributed by atoms with Gasteiger partial charge in [-0.15, -0.1) is 0 Å². The van der Waals surface area contributed by atoms with E-state index >= 15 is 0 Å². The third kappa shape index (κ3) is 3.55. The lowest BCUT2D eigenvalue weighted by Gasteiger charge is -2.10. The van der Waals surface area contributed by atoms with Crippen LogP contribution in [0.1, 0.15) is 23.0 Å². The molecule has 28 heavy (non-hydrogen) atoms. The van der Waals surface area contributed by atoms with E-state index in [2.05, 4.69) is 4.98 Å². The molecule has 0 aliphatic heterocycles. The lowest BCUT2D eigenvalue weighted by atomic mass is 10.1. The molecule has 3 aromatic rings. The summed E-state index contributed by atoms with van der Waals surface area (Å²) in [7, 11) is 1.35. The van der Waals surface area contributed by atoms with Crippen LogP contribution in [0.15, 0.2) is 42.6 Å². The first-order valence-corrected chi connectivity index (χ1v) is 8.29. The second kappa shape index (κ2) is 7.88. The van der Waals surface area contributed by atoms with Gasteiger partial charge in [0, 0.05) is 17.8 Å². The standard InChI is InChI=1S/C20H15F2N3O3/c1-3-28-20(26)17-11-25(14-6-7-18(27-2)16(22)9-14)19(24-17)12-4-5-13(10-23)15(21)8-12/h4-9,11H,3H2,1-2H3. The number of benzene rings is 2. The van der Waals surface area contributed by atoms with Gasteiger partial charge in [-0.25, -0.2) is 18.6 Å². The van der Waals surface area contributed by atoms with Crippen LogP contribution in [0.4, 0.5) is 8.78 Å². The maximum absolute atomic E-state index is 14.2. The van der Waals surface area contributed by atoms with Crippen molar-refractivity contribution in [3.63, 3.8) is 0 Å². The molecule has 0 N–H and O–H groups in total. The Morgan fingerprint density at radius 3 is 2.61 bits per heavy atom. The van der Waals surface area contributed by atoms with Crippen LogP contribution in [0.5, 0.6) is 5.75 Å². The van der Waals surface area contributed by atoms with Crippen molar-refractivity contribution in [2.45, 2.75) is 6.92 Å². The molecule has 0 saturated carbocycles. The fourth-order valence-corrected chi connectivity index (χ4v) is 2.63. The fourth-order valence-electron chi connectivity index (χ4n) is 2.63. The molecule has 6 nitrogen and oxygen atoms in total. The third-order valence-electron chi connectivity index (χ3n) is 3.95. The number of imidazole rings is 1. The zero-order valence-electron chi connectivity index (χ0n) is 15.1. The number of methoxy groups -OCH3 is 1. The van der Waals surface area contributed by atoms with Crippen LogP contribution in [0.2, 0.25) is 0 Å². The smallest absolute Gasteiger partial charge is 0.358 e. The van der Waals surface area contributed by atoms with Gasteiger partial charge in [0.2, 0.25) is 0 Å². The molecule has 8 heteroatoms. The van der Waals surface area contributed by atoms with E-state index in [0.717, 1.165) is 6.07 Å². The number of carbonyl (C=O) groups is 1. The van der Waals surface area contributed by atoms with Crippen molar-refractivity contribution in [3.05, 3.63) is 65.5 Å². The zero-order valence-corrected chi connectivity index (χ0v) is 15.1. The van der Waals surface area contributed by atoms with Crippen molar-refractivity contribution in [2.24, 2.45) is 0 Å². The molecule has 0 spiro atoms. The topological polar surface area (TPSA) is 77.1 Å². The Bertz CT molecular complexity index is 1090. The van der Waals surface area contributed by atoms with Crippen LogP contribution >= 0.6 is 0 Å². The minimum atomic E-state index is -0.729. The van der Waals surface area contributed by atoms with E-state index in [1.165, 1.54) is 42.1 Å². The van der Waals surface area contributed by atoms with Gasteiger partial charge < -0.3 is 9.47 Å². The number of carbonyl (C=O) groups excluding carboxylic acids is 1. The quantitative estimate of drug-likeness (QED) is 0.625. The molecule has 0 amide bonds. The number of nitrogens with zero attached hydrogens (tertiary/aromatic N) is 3. The van der Waals surface area contributed by atoms with Gasteiger partial charge in [-0.3, -0.25) is 4.57 Å². The highest BCUT2D eigenvalue weighted by Gasteiger charge is 2.19. The molecule has 0 aliphatic rings. The Labute approximate surface area is 159 Å². The first-order valence-electron chi connectivity index (χ1n) is 8.29. The molecule has 0 bridgehead atoms. The second-order valence-electron chi connectivity index (χ2n) is 5.67. The first kappa shape index (κ1) is 19.0. The summed E-state index contributed by atoms with van der Waals surface area (Å²) in [5.74, 6) is -1.75. The van der Waals surface area contributed by atoms with E-state index < -0.39 is 17.6 Å². The van der Waals surface area contributed by atoms with Gasteiger partial charge in [-0.05, 0) is 37.3 Å². The molecule has 1 aromatic heterocycles. The molecule has 0 aliphatic carbocycles. The SMILES string of the molecule is CCOC(=O)c1cn(-c2ccc(OC)c(F)c2)c(-c2ccc(C#N)c(F)c2)n1. The summed E-state index contributed by atoms with van der Waals surface area (Å²) in [5.41, 5.74) is 0.519. The number of nitriles is 1. The van der Waals surface area contributed by atoms with Gasteiger partial charge in [0.25, 0.3) is 0 Å². The number of rotatable bonds is 5. The van der Waals surface area contributed by atoms with Crippen LogP contribution in [-0.4, -0.2) is 29.2 Å². The normalized spacial score (nSPS) is 10.4. The highest BCUT2D eigenvalue weighted by atomic mass is 19.1. The Balaban J connectivity index is 2.18. The average molecular weight is 383 g/mol. The van der Waals surface area contributed by atoms with E-state index in [-0.39, 0.29) is 29.4 Å². The summed E-state index contributed by atoms with van der Waals surface area (Å²) in [6.07, 6.45) is 1.38. The van der Waals surface area contributed by atoms with Crippen LogP contribution in [0.3, 0.4) is 0 Å². The number of esters is 1. The minimum Gasteiger partial charge on any atom is -0.494 e. The predicted molar refractivity (Wildman–Crippen MR) is 96.1 cm³/mol. The van der Waals surface area contributed by atoms with Crippen LogP contribution in [0.25, 0.3) is 17.1 Å². The van der Waals surface area contributed by atoms with Crippen molar-refractivity contribution in [3.8, 4) is 28.9 Å². The minimum absolute atomic E-state index is 0.0159. The Morgan fingerprint density at radius 2 is 2.00 bits per heavy atom. The Morgan fingerprint density at radius 1 is 1.21 bits per heavy atom. The van der Waals surface area contributed by atoms with Gasteiger partial charge >= 0.3 is 5.97 Å². The molecule has 3 rings (SSSR count). The van der Waals surface area contributed by atoms with Crippen molar-refractivity contribution < 1.29 is 23.0 Å². The molecular weight excluding hydrogens is 368 g/mol. The van der Waals surface area contributed by atoms with Gasteiger partial charge in [-0.2, -0.15) is 5.26 Å². The van der Waals surface area contributed by atoms with Crippen molar-refractivity contribution >= 4 is 5.97 Å². The van der Waals surface area contributed by atoms with E-state index in [1.54, 1.807) is 19.1 Å². The average Bonchev–Trinajstić information content (AvgIpc) is 3.13. The zero-order chi connectivity index (χ0) is 20.3. The molecule has 2 aromatic carbocycles. The van der Waals surface area contributed by atoms with E-state index in [4.69, 9.17) is 14.7 Å². The maximum Gasteiger partial charge on any atom is 0.358 e. The monoisotopic (exact) mass is 383 g/mol. The van der Waals surface area contributed by atoms with Crippen molar-refractivity contribution in [1.29, 1.82) is 5.26 Å². The number of halogens is 2. The number of aromatic nitrogens is 2. The predicted octanol–water partition coefficient (Wildman–Crippen LogP) is 3.87. The lowest BCUT2D eigenvalue weighted by Crippen LogP contribution is -2.04. The molecule has 0 atom stereocenters. The highest BCUT2D eigenvalue weighted by molar-refractivity contribution is 5.88. The Kier molecular flexibility index (Phi) is 5.36. The van der Waals surface area contributed by atoms with E-state index in [0.29, 0.717) is 11.3 Å². The van der Waals surface area contributed by atoms with Gasteiger partial charge in [0.1, 0.15) is 17.7 Å². The molecular formula is C20H15F2N3O3. The summed E-state index contributed by atoms with van der Waals surface area (Å²) in [5, 5.41) is 8.90. The summed E-state index contributed by atoms with van der Waals surface area (Å²) in [6, 6.07) is 9.88. The van der Waals surface area contributed by atoms with Crippen LogP contribution in [0, 0.1) is 23.0 Å². The first-order chi connectivity index (χ1) is 13.5. The van der Waals surface area contributed by atoms with Gasteiger partial charge in [0.15, 0.2) is 17.3 Å². The molecule has 0 fully saturated rings. The highest BCUT2D eigenvalue weighted by Crippen LogP contribution is 2.27. The molecule has 1 heterocycles. The summed E-state index contributed by atoms with van der Waals surface area (Å²) in [4.78, 5) is 16.3. The molecule has 0 unspecified atom stereocenters. The van der Waals surface area contributed by atoms with Gasteiger partial charge in [-0.1, -0.05) is 0 Å². The molecule has 0 radical (unpaired) electrons. The van der Waals surface area contributed by atoms with E-state index in [9.17, 15) is 13.6 Å². The van der Waals surface area contributed by atoms with Crippen LogP contribution < -0.4 is 4.74 Å². The summed E-state index contributed by atoms with van der Waals surface area (Å²) in [6.45, 7) is 1.81. The third-order valence-corrected chi connectivity index (χ3v) is 3.95. The molecule has 142 valence electrons. The number of ether oxygens (including phenoxy) is 2. The molecule has 0 saturated heterocycles. The maximum atomic E-state index is 14.2. The lowest BCUT2D eigenvalue weighted by molar-refractivity contribution is 0.0520. The largest absolute Gasteiger partial charge is 0.494 e. The van der Waals surface area contributed by atoms with Crippen LogP contribution in [-0.2, 0) is 4.74 Å². The second-order valence-corrected chi connectivity index (χ2v) is 5.67. The van der Waals surface area contributed by atoms with Crippen molar-refractivity contribution in [1.82, 2.24) is 9.55 Å².